The first kappa shape index (κ1) is 20.9. The summed E-state index contributed by atoms with van der Waals surface area (Å²) in [5, 5.41) is 15.9. The Morgan fingerprint density at radius 3 is 2.50 bits per heavy atom. The smallest absolute Gasteiger partial charge is 0.329 e. The van der Waals surface area contributed by atoms with Crippen LogP contribution in [0.2, 0.25) is 0 Å². The van der Waals surface area contributed by atoms with Crippen molar-refractivity contribution in [1.82, 2.24) is 5.43 Å². The van der Waals surface area contributed by atoms with E-state index >= 15 is 0 Å². The first-order valence-corrected chi connectivity index (χ1v) is 8.80. The summed E-state index contributed by atoms with van der Waals surface area (Å²) in [6, 6.07) is 8.82. The van der Waals surface area contributed by atoms with Gasteiger partial charge in [-0.25, -0.2) is 5.43 Å². The fraction of sp³-hybridized carbons (Fsp3) is 0.111. The van der Waals surface area contributed by atoms with Crippen molar-refractivity contribution in [2.75, 3.05) is 11.9 Å². The quantitative estimate of drug-likeness (QED) is 0.302. The van der Waals surface area contributed by atoms with Gasteiger partial charge in [0.2, 0.25) is 5.91 Å². The van der Waals surface area contributed by atoms with Crippen LogP contribution in [0.3, 0.4) is 0 Å². The number of primary amides is 1. The molecule has 0 radical (unpaired) electrons. The van der Waals surface area contributed by atoms with Crippen molar-refractivity contribution in [3.63, 3.8) is 0 Å². The summed E-state index contributed by atoms with van der Waals surface area (Å²) in [5.41, 5.74) is 8.34. The summed E-state index contributed by atoms with van der Waals surface area (Å²) in [5.74, 6) is -2.33. The molecule has 0 fully saturated rings. The number of hydrazone groups is 1. The highest BCUT2D eigenvalue weighted by Gasteiger charge is 2.13. The summed E-state index contributed by atoms with van der Waals surface area (Å²) in [6.07, 6.45) is 1.29. The predicted molar refractivity (Wildman–Crippen MR) is 106 cm³/mol. The van der Waals surface area contributed by atoms with E-state index in [1.807, 2.05) is 0 Å². The molecule has 0 saturated heterocycles. The van der Waals surface area contributed by atoms with Crippen molar-refractivity contribution in [3.05, 3.63) is 52.0 Å². The fourth-order valence-corrected chi connectivity index (χ4v) is 2.52. The minimum Gasteiger partial charge on any atom is -0.503 e. The van der Waals surface area contributed by atoms with Gasteiger partial charge in [-0.3, -0.25) is 14.4 Å². The molecule has 0 aliphatic rings. The molecule has 0 bridgehead atoms. The second-order valence-corrected chi connectivity index (χ2v) is 6.23. The average Bonchev–Trinajstić information content (AvgIpc) is 2.66. The van der Waals surface area contributed by atoms with Gasteiger partial charge in [-0.1, -0.05) is 0 Å². The van der Waals surface area contributed by atoms with Crippen LogP contribution in [0.4, 0.5) is 5.69 Å². The van der Waals surface area contributed by atoms with Crippen LogP contribution in [0.5, 0.6) is 11.5 Å². The molecule has 10 heteroatoms. The number of anilines is 1. The number of nitrogens with one attached hydrogen (secondary N) is 2. The van der Waals surface area contributed by atoms with E-state index in [0.717, 1.165) is 0 Å². The topological polar surface area (TPSA) is 143 Å². The average molecular weight is 449 g/mol. The Balaban J connectivity index is 1.97. The van der Waals surface area contributed by atoms with Crippen molar-refractivity contribution in [3.8, 4) is 11.5 Å². The van der Waals surface area contributed by atoms with Gasteiger partial charge in [0.15, 0.2) is 11.5 Å². The Kier molecular flexibility index (Phi) is 7.10. The number of rotatable bonds is 6. The molecule has 0 atom stereocenters. The van der Waals surface area contributed by atoms with Gasteiger partial charge in [-0.15, -0.1) is 0 Å². The van der Waals surface area contributed by atoms with E-state index in [2.05, 4.69) is 31.8 Å². The largest absolute Gasteiger partial charge is 0.503 e. The van der Waals surface area contributed by atoms with Gasteiger partial charge >= 0.3 is 11.8 Å². The maximum atomic E-state index is 11.9. The zero-order valence-electron chi connectivity index (χ0n) is 14.7. The lowest BCUT2D eigenvalue weighted by molar-refractivity contribution is -0.136. The third kappa shape index (κ3) is 5.55. The molecular weight excluding hydrogens is 432 g/mol. The molecule has 0 aliphatic heterocycles. The van der Waals surface area contributed by atoms with Crippen LogP contribution in [0.15, 0.2) is 46.0 Å². The summed E-state index contributed by atoms with van der Waals surface area (Å²) in [4.78, 5) is 34.7. The van der Waals surface area contributed by atoms with Gasteiger partial charge in [0.25, 0.3) is 0 Å². The minimum absolute atomic E-state index is 0.0511. The first-order chi connectivity index (χ1) is 13.3. The van der Waals surface area contributed by atoms with Crippen LogP contribution >= 0.6 is 15.9 Å². The number of amides is 3. The molecule has 0 aliphatic carbocycles. The number of hydrogen-bond donors (Lipinski definition) is 4. The van der Waals surface area contributed by atoms with Gasteiger partial charge < -0.3 is 20.9 Å². The molecule has 0 unspecified atom stereocenters. The second-order valence-electron chi connectivity index (χ2n) is 5.38. The number of phenols is 1. The summed E-state index contributed by atoms with van der Waals surface area (Å²) >= 11 is 3.19. The van der Waals surface area contributed by atoms with Crippen molar-refractivity contribution in [2.45, 2.75) is 6.92 Å². The molecule has 0 spiro atoms. The number of aromatic hydroxyl groups is 1. The van der Waals surface area contributed by atoms with Gasteiger partial charge in [0.05, 0.1) is 17.3 Å². The Hall–Kier alpha value is -3.40. The van der Waals surface area contributed by atoms with Crippen molar-refractivity contribution in [2.24, 2.45) is 10.8 Å². The van der Waals surface area contributed by atoms with Crippen LogP contribution in [0.25, 0.3) is 0 Å². The predicted octanol–water partition coefficient (Wildman–Crippen LogP) is 1.74. The lowest BCUT2D eigenvalue weighted by Crippen LogP contribution is -2.32. The van der Waals surface area contributed by atoms with E-state index in [1.165, 1.54) is 36.5 Å². The second kappa shape index (κ2) is 9.51. The highest BCUT2D eigenvalue weighted by atomic mass is 79.9. The summed E-state index contributed by atoms with van der Waals surface area (Å²) in [7, 11) is 0. The molecule has 28 heavy (non-hydrogen) atoms. The van der Waals surface area contributed by atoms with Crippen LogP contribution in [-0.2, 0) is 9.59 Å². The SMILES string of the molecule is CCOc1cc(/C=N/NC(=O)C(=O)Nc2ccc(C(N)=O)cc2)cc(Br)c1O. The van der Waals surface area contributed by atoms with Gasteiger partial charge in [0.1, 0.15) is 0 Å². The molecular formula is C18H17BrN4O5. The molecule has 2 rings (SSSR count). The monoisotopic (exact) mass is 448 g/mol. The standard InChI is InChI=1S/C18H17BrN4O5/c1-2-28-14-8-10(7-13(19)15(14)24)9-21-23-18(27)17(26)22-12-5-3-11(4-6-12)16(20)25/h3-9,24H,2H2,1H3,(H2,20,25)(H,22,26)(H,23,27)/b21-9+. The molecule has 0 saturated carbocycles. The zero-order valence-corrected chi connectivity index (χ0v) is 16.3. The molecule has 0 aromatic heterocycles. The van der Waals surface area contributed by atoms with Gasteiger partial charge in [-0.2, -0.15) is 5.10 Å². The highest BCUT2D eigenvalue weighted by Crippen LogP contribution is 2.34. The van der Waals surface area contributed by atoms with Gasteiger partial charge in [0, 0.05) is 11.3 Å². The lowest BCUT2D eigenvalue weighted by Gasteiger charge is -2.08. The van der Waals surface area contributed by atoms with Crippen molar-refractivity contribution in [1.29, 1.82) is 0 Å². The van der Waals surface area contributed by atoms with E-state index < -0.39 is 17.7 Å². The van der Waals surface area contributed by atoms with E-state index in [0.29, 0.717) is 22.3 Å². The normalized spacial score (nSPS) is 10.5. The number of phenolic OH excluding ortho intramolecular Hbond substituents is 1. The van der Waals surface area contributed by atoms with Crippen molar-refractivity contribution < 1.29 is 24.2 Å². The van der Waals surface area contributed by atoms with Crippen LogP contribution in [-0.4, -0.2) is 35.6 Å². The number of carbonyl (C=O) groups is 3. The lowest BCUT2D eigenvalue weighted by atomic mass is 10.2. The fourth-order valence-electron chi connectivity index (χ4n) is 2.06. The Labute approximate surface area is 168 Å². The Morgan fingerprint density at radius 2 is 1.89 bits per heavy atom. The molecule has 0 heterocycles. The number of carbonyl (C=O) groups excluding carboxylic acids is 3. The number of hydrogen-bond acceptors (Lipinski definition) is 6. The number of benzene rings is 2. The third-order valence-corrected chi connectivity index (χ3v) is 3.97. The Morgan fingerprint density at radius 1 is 1.21 bits per heavy atom. The van der Waals surface area contributed by atoms with Crippen LogP contribution in [0.1, 0.15) is 22.8 Å². The van der Waals surface area contributed by atoms with E-state index in [4.69, 9.17) is 10.5 Å². The molecule has 2 aromatic rings. The van der Waals surface area contributed by atoms with Gasteiger partial charge in [-0.05, 0) is 64.8 Å². The highest BCUT2D eigenvalue weighted by molar-refractivity contribution is 9.10. The first-order valence-electron chi connectivity index (χ1n) is 8.01. The molecule has 5 N–H and O–H groups in total. The van der Waals surface area contributed by atoms with Crippen LogP contribution in [0, 0.1) is 0 Å². The van der Waals surface area contributed by atoms with Crippen molar-refractivity contribution >= 4 is 45.6 Å². The number of nitrogens with zero attached hydrogens (tertiary/aromatic N) is 1. The summed E-state index contributed by atoms with van der Waals surface area (Å²) in [6.45, 7) is 2.13. The third-order valence-electron chi connectivity index (χ3n) is 3.36. The van der Waals surface area contributed by atoms with E-state index in [-0.39, 0.29) is 17.1 Å². The molecule has 2 aromatic carbocycles. The Bertz CT molecular complexity index is 928. The maximum Gasteiger partial charge on any atom is 0.329 e. The molecule has 146 valence electrons. The zero-order chi connectivity index (χ0) is 20.7. The summed E-state index contributed by atoms with van der Waals surface area (Å²) < 4.78 is 5.68. The van der Waals surface area contributed by atoms with E-state index in [1.54, 1.807) is 13.0 Å². The number of ether oxygens (including phenoxy) is 1. The molecule has 9 nitrogen and oxygen atoms in total. The van der Waals surface area contributed by atoms with E-state index in [9.17, 15) is 19.5 Å². The molecule has 3 amide bonds. The number of nitrogens with two attached hydrogens (primary N) is 1. The number of halogens is 1. The maximum absolute atomic E-state index is 11.9. The minimum atomic E-state index is -0.988. The van der Waals surface area contributed by atoms with Crippen LogP contribution < -0.4 is 21.2 Å².